The van der Waals surface area contributed by atoms with Crippen LogP contribution in [0.15, 0.2) is 55.1 Å². The molecule has 1 amide bonds. The lowest BCUT2D eigenvalue weighted by Crippen LogP contribution is -2.29. The number of carbonyl (C=O) groups is 1. The lowest BCUT2D eigenvalue weighted by atomic mass is 9.82. The SMILES string of the molecule is N#CNC1CCC(c2cn(-c3ccc(C(=O)Nc4cc(C(F)(F)F)ccn4)cc3)c3c(N)ncnc23)CC1. The topological polar surface area (TPSA) is 135 Å². The molecule has 0 radical (unpaired) electrons. The van der Waals surface area contributed by atoms with E-state index < -0.39 is 17.6 Å². The van der Waals surface area contributed by atoms with E-state index in [1.54, 1.807) is 24.3 Å². The van der Waals surface area contributed by atoms with Crippen LogP contribution in [-0.2, 0) is 6.18 Å². The van der Waals surface area contributed by atoms with E-state index in [4.69, 9.17) is 11.0 Å². The lowest BCUT2D eigenvalue weighted by Gasteiger charge is -2.27. The average molecular weight is 521 g/mol. The van der Waals surface area contributed by atoms with Crippen molar-refractivity contribution in [1.29, 1.82) is 5.26 Å². The van der Waals surface area contributed by atoms with Crippen LogP contribution in [0.5, 0.6) is 0 Å². The number of alkyl halides is 3. The monoisotopic (exact) mass is 520 g/mol. The van der Waals surface area contributed by atoms with Gasteiger partial charge in [-0.1, -0.05) is 0 Å². The Kier molecular flexibility index (Phi) is 6.59. The summed E-state index contributed by atoms with van der Waals surface area (Å²) in [7, 11) is 0. The number of amides is 1. The predicted octanol–water partition coefficient (Wildman–Crippen LogP) is 4.77. The number of nitrogens with zero attached hydrogens (tertiary/aromatic N) is 5. The maximum Gasteiger partial charge on any atom is 0.416 e. The van der Waals surface area contributed by atoms with Crippen LogP contribution in [0.25, 0.3) is 16.7 Å². The number of hydrogen-bond donors (Lipinski definition) is 3. The fraction of sp³-hybridized carbons (Fsp3) is 0.269. The number of aromatic nitrogens is 4. The van der Waals surface area contributed by atoms with Crippen LogP contribution in [0.3, 0.4) is 0 Å². The molecule has 0 saturated heterocycles. The molecule has 9 nitrogen and oxygen atoms in total. The van der Waals surface area contributed by atoms with E-state index in [1.165, 1.54) is 6.33 Å². The van der Waals surface area contributed by atoms with Crippen molar-refractivity contribution in [1.82, 2.24) is 24.8 Å². The Morgan fingerprint density at radius 1 is 1.08 bits per heavy atom. The number of nitrogen functional groups attached to an aromatic ring is 1. The molecule has 4 N–H and O–H groups in total. The number of nitrogens with two attached hydrogens (primary N) is 1. The zero-order valence-electron chi connectivity index (χ0n) is 20.0. The second kappa shape index (κ2) is 10.0. The highest BCUT2D eigenvalue weighted by molar-refractivity contribution is 6.04. The zero-order chi connectivity index (χ0) is 26.9. The van der Waals surface area contributed by atoms with Gasteiger partial charge in [0.15, 0.2) is 12.0 Å². The van der Waals surface area contributed by atoms with Crippen molar-refractivity contribution >= 4 is 28.6 Å². The number of nitrogens with one attached hydrogen (secondary N) is 2. The van der Waals surface area contributed by atoms with Crippen molar-refractivity contribution in [2.75, 3.05) is 11.1 Å². The average Bonchev–Trinajstić information content (AvgIpc) is 3.30. The quantitative estimate of drug-likeness (QED) is 0.255. The maximum atomic E-state index is 13.0. The van der Waals surface area contributed by atoms with Gasteiger partial charge in [0.1, 0.15) is 17.7 Å². The zero-order valence-corrected chi connectivity index (χ0v) is 20.0. The van der Waals surface area contributed by atoms with E-state index in [9.17, 15) is 18.0 Å². The van der Waals surface area contributed by atoms with Gasteiger partial charge in [-0.2, -0.15) is 18.4 Å². The fourth-order valence-corrected chi connectivity index (χ4v) is 4.89. The smallest absolute Gasteiger partial charge is 0.382 e. The molecule has 0 unspecified atom stereocenters. The van der Waals surface area contributed by atoms with Crippen LogP contribution >= 0.6 is 0 Å². The molecule has 38 heavy (non-hydrogen) atoms. The second-order valence-corrected chi connectivity index (χ2v) is 9.14. The molecule has 4 aromatic rings. The Hall–Kier alpha value is -4.66. The molecule has 3 aromatic heterocycles. The van der Waals surface area contributed by atoms with Gasteiger partial charge in [-0.25, -0.2) is 15.0 Å². The number of fused-ring (bicyclic) bond motifs is 1. The molecule has 1 aliphatic carbocycles. The van der Waals surface area contributed by atoms with Gasteiger partial charge in [0.2, 0.25) is 0 Å². The second-order valence-electron chi connectivity index (χ2n) is 9.14. The van der Waals surface area contributed by atoms with Gasteiger partial charge in [-0.15, -0.1) is 0 Å². The lowest BCUT2D eigenvalue weighted by molar-refractivity contribution is -0.137. The van der Waals surface area contributed by atoms with Crippen molar-refractivity contribution in [3.8, 4) is 11.9 Å². The van der Waals surface area contributed by atoms with Gasteiger partial charge in [0.05, 0.1) is 11.1 Å². The first-order valence-electron chi connectivity index (χ1n) is 12.0. The van der Waals surface area contributed by atoms with Gasteiger partial charge < -0.3 is 20.9 Å². The Morgan fingerprint density at radius 2 is 1.82 bits per heavy atom. The number of hydrogen-bond acceptors (Lipinski definition) is 7. The van der Waals surface area contributed by atoms with Crippen molar-refractivity contribution < 1.29 is 18.0 Å². The van der Waals surface area contributed by atoms with E-state index in [-0.39, 0.29) is 23.3 Å². The fourth-order valence-electron chi connectivity index (χ4n) is 4.89. The number of nitriles is 1. The number of pyridine rings is 1. The number of anilines is 2. The van der Waals surface area contributed by atoms with E-state index >= 15 is 0 Å². The van der Waals surface area contributed by atoms with E-state index in [0.717, 1.165) is 60.8 Å². The molecule has 0 spiro atoms. The third kappa shape index (κ3) is 4.95. The molecule has 1 aromatic carbocycles. The standard InChI is InChI=1S/C26H23F3N8O/c27-26(28,29)17-9-10-32-21(11-17)36-25(38)16-3-7-19(8-4-16)37-12-20(22-23(37)24(31)35-14-34-22)15-1-5-18(6-2-15)33-13-30/h3-4,7-12,14-15,18,33H,1-2,5-6H2,(H2,31,34,35)(H,32,36,38). The third-order valence-electron chi connectivity index (χ3n) is 6.81. The van der Waals surface area contributed by atoms with Gasteiger partial charge in [0, 0.05) is 29.7 Å². The van der Waals surface area contributed by atoms with Crippen LogP contribution in [0.2, 0.25) is 0 Å². The molecule has 5 rings (SSSR count). The van der Waals surface area contributed by atoms with Crippen LogP contribution in [0.1, 0.15) is 53.1 Å². The largest absolute Gasteiger partial charge is 0.416 e. The first kappa shape index (κ1) is 25.0. The first-order valence-corrected chi connectivity index (χ1v) is 12.0. The minimum Gasteiger partial charge on any atom is -0.382 e. The molecular formula is C26H23F3N8O. The summed E-state index contributed by atoms with van der Waals surface area (Å²) in [6.07, 6.45) is 5.43. The predicted molar refractivity (Wildman–Crippen MR) is 134 cm³/mol. The van der Waals surface area contributed by atoms with Crippen molar-refractivity contribution in [2.45, 2.75) is 43.8 Å². The first-order chi connectivity index (χ1) is 18.2. The van der Waals surface area contributed by atoms with E-state index in [0.29, 0.717) is 11.3 Å². The summed E-state index contributed by atoms with van der Waals surface area (Å²) in [6, 6.07) is 8.38. The summed E-state index contributed by atoms with van der Waals surface area (Å²) in [4.78, 5) is 25.1. The van der Waals surface area contributed by atoms with E-state index in [1.807, 2.05) is 17.0 Å². The molecule has 1 saturated carbocycles. The Bertz CT molecular complexity index is 1520. The summed E-state index contributed by atoms with van der Waals surface area (Å²) < 4.78 is 40.8. The molecule has 0 bridgehead atoms. The Balaban J connectivity index is 1.40. The highest BCUT2D eigenvalue weighted by Gasteiger charge is 2.31. The minimum absolute atomic E-state index is 0.175. The van der Waals surface area contributed by atoms with Gasteiger partial charge in [0.25, 0.3) is 5.91 Å². The van der Waals surface area contributed by atoms with Crippen molar-refractivity contribution in [3.05, 3.63) is 71.8 Å². The van der Waals surface area contributed by atoms with Crippen LogP contribution in [0.4, 0.5) is 24.8 Å². The minimum atomic E-state index is -4.54. The highest BCUT2D eigenvalue weighted by Crippen LogP contribution is 2.38. The number of carbonyl (C=O) groups excluding carboxylic acids is 1. The summed E-state index contributed by atoms with van der Waals surface area (Å²) in [5, 5.41) is 14.2. The van der Waals surface area contributed by atoms with Gasteiger partial charge >= 0.3 is 6.18 Å². The van der Waals surface area contributed by atoms with Crippen LogP contribution in [-0.4, -0.2) is 31.5 Å². The molecule has 12 heteroatoms. The van der Waals surface area contributed by atoms with Crippen LogP contribution < -0.4 is 16.4 Å². The molecule has 1 fully saturated rings. The van der Waals surface area contributed by atoms with Crippen molar-refractivity contribution in [3.63, 3.8) is 0 Å². The maximum absolute atomic E-state index is 13.0. The molecule has 3 heterocycles. The Labute approximate surface area is 215 Å². The van der Waals surface area contributed by atoms with Crippen molar-refractivity contribution in [2.24, 2.45) is 0 Å². The highest BCUT2D eigenvalue weighted by atomic mass is 19.4. The number of benzene rings is 1. The van der Waals surface area contributed by atoms with Gasteiger partial charge in [-0.05, 0) is 73.6 Å². The normalized spacial score (nSPS) is 17.6. The summed E-state index contributed by atoms with van der Waals surface area (Å²) >= 11 is 0. The molecule has 0 aliphatic heterocycles. The van der Waals surface area contributed by atoms with Gasteiger partial charge in [-0.3, -0.25) is 4.79 Å². The molecule has 0 atom stereocenters. The summed E-state index contributed by atoms with van der Waals surface area (Å²) in [6.45, 7) is 0. The number of rotatable bonds is 5. The third-order valence-corrected chi connectivity index (χ3v) is 6.81. The Morgan fingerprint density at radius 3 is 2.50 bits per heavy atom. The summed E-state index contributed by atoms with van der Waals surface area (Å²) in [5.41, 5.74) is 8.76. The van der Waals surface area contributed by atoms with Crippen LogP contribution in [0, 0.1) is 11.5 Å². The summed E-state index contributed by atoms with van der Waals surface area (Å²) in [5.74, 6) is -0.222. The molecule has 194 valence electrons. The van der Waals surface area contributed by atoms with E-state index in [2.05, 4.69) is 25.6 Å². The number of halogens is 3. The molecule has 1 aliphatic rings. The molecular weight excluding hydrogens is 497 g/mol.